The molecule has 5 heteroatoms. The first-order valence-corrected chi connectivity index (χ1v) is 6.09. The highest BCUT2D eigenvalue weighted by molar-refractivity contribution is 5.90. The number of nitrogens with zero attached hydrogens (tertiary/aromatic N) is 1. The van der Waals surface area contributed by atoms with E-state index in [1.54, 1.807) is 0 Å². The number of anilines is 1. The van der Waals surface area contributed by atoms with E-state index < -0.39 is 0 Å². The van der Waals surface area contributed by atoms with Gasteiger partial charge in [0.2, 0.25) is 0 Å². The van der Waals surface area contributed by atoms with E-state index >= 15 is 0 Å². The number of nitrogens with one attached hydrogen (secondary N) is 2. The fourth-order valence-electron chi connectivity index (χ4n) is 1.96. The zero-order valence-corrected chi connectivity index (χ0v) is 11.4. The first-order valence-electron chi connectivity index (χ1n) is 6.09. The second kappa shape index (κ2) is 7.24. The molecule has 1 aromatic rings. The van der Waals surface area contributed by atoms with Crippen LogP contribution in [0.1, 0.15) is 12.0 Å². The van der Waals surface area contributed by atoms with Crippen LogP contribution in [-0.2, 0) is 0 Å². The third kappa shape index (κ3) is 3.89. The Morgan fingerprint density at radius 1 is 1.28 bits per heavy atom. The van der Waals surface area contributed by atoms with Gasteiger partial charge >= 0.3 is 6.03 Å². The van der Waals surface area contributed by atoms with Crippen LogP contribution in [0.4, 0.5) is 10.5 Å². The summed E-state index contributed by atoms with van der Waals surface area (Å²) >= 11 is 0. The summed E-state index contributed by atoms with van der Waals surface area (Å²) in [5.41, 5.74) is 1.99. The van der Waals surface area contributed by atoms with E-state index in [2.05, 4.69) is 10.6 Å². The van der Waals surface area contributed by atoms with Gasteiger partial charge in [-0.15, -0.1) is 12.4 Å². The van der Waals surface area contributed by atoms with E-state index in [1.165, 1.54) is 0 Å². The van der Waals surface area contributed by atoms with E-state index in [-0.39, 0.29) is 18.4 Å². The van der Waals surface area contributed by atoms with E-state index in [9.17, 15) is 4.79 Å². The lowest BCUT2D eigenvalue weighted by atomic mass is 10.2. The molecule has 0 atom stereocenters. The lowest BCUT2D eigenvalue weighted by Gasteiger charge is -2.21. The Labute approximate surface area is 114 Å². The van der Waals surface area contributed by atoms with Crippen molar-refractivity contribution in [3.63, 3.8) is 0 Å². The Morgan fingerprint density at radius 3 is 2.83 bits per heavy atom. The second-order valence-corrected chi connectivity index (χ2v) is 4.34. The van der Waals surface area contributed by atoms with Gasteiger partial charge in [0, 0.05) is 25.3 Å². The van der Waals surface area contributed by atoms with E-state index in [4.69, 9.17) is 0 Å². The summed E-state index contributed by atoms with van der Waals surface area (Å²) < 4.78 is 0. The van der Waals surface area contributed by atoms with Crippen molar-refractivity contribution < 1.29 is 4.79 Å². The number of urea groups is 1. The fourth-order valence-corrected chi connectivity index (χ4v) is 1.96. The lowest BCUT2D eigenvalue weighted by molar-refractivity contribution is 0.215. The van der Waals surface area contributed by atoms with Crippen molar-refractivity contribution in [2.45, 2.75) is 13.3 Å². The molecule has 0 aliphatic carbocycles. The number of aryl methyl sites for hydroxylation is 1. The number of hydrogen-bond acceptors (Lipinski definition) is 2. The van der Waals surface area contributed by atoms with Gasteiger partial charge in [-0.3, -0.25) is 0 Å². The number of carbonyl (C=O) groups excluding carboxylic acids is 1. The molecule has 1 aliphatic rings. The normalized spacial score (nSPS) is 15.5. The van der Waals surface area contributed by atoms with Crippen LogP contribution in [0.15, 0.2) is 24.3 Å². The quantitative estimate of drug-likeness (QED) is 0.821. The van der Waals surface area contributed by atoms with Gasteiger partial charge in [-0.05, 0) is 31.5 Å². The van der Waals surface area contributed by atoms with E-state index in [0.29, 0.717) is 0 Å². The van der Waals surface area contributed by atoms with Crippen molar-refractivity contribution >= 4 is 24.1 Å². The van der Waals surface area contributed by atoms with Crippen molar-refractivity contribution in [3.8, 4) is 0 Å². The molecule has 1 fully saturated rings. The summed E-state index contributed by atoms with van der Waals surface area (Å²) in [6.07, 6.45) is 1.02. The van der Waals surface area contributed by atoms with Crippen molar-refractivity contribution in [3.05, 3.63) is 29.8 Å². The summed E-state index contributed by atoms with van der Waals surface area (Å²) in [5.74, 6) is 0. The number of para-hydroxylation sites is 1. The molecule has 0 bridgehead atoms. The number of carbonyl (C=O) groups is 1. The Bertz CT molecular complexity index is 390. The SMILES string of the molecule is Cc1ccccc1NC(=O)N1CCCNCC1.Cl. The molecular formula is C13H20ClN3O. The van der Waals surface area contributed by atoms with Crippen LogP contribution in [0.3, 0.4) is 0 Å². The van der Waals surface area contributed by atoms with Gasteiger partial charge in [0.05, 0.1) is 0 Å². The van der Waals surface area contributed by atoms with Gasteiger partial charge in [0.25, 0.3) is 0 Å². The standard InChI is InChI=1S/C13H19N3O.ClH/c1-11-5-2-3-6-12(11)15-13(17)16-9-4-7-14-8-10-16;/h2-3,5-6,14H,4,7-10H2,1H3,(H,15,17);1H. The van der Waals surface area contributed by atoms with E-state index in [0.717, 1.165) is 43.9 Å². The predicted molar refractivity (Wildman–Crippen MR) is 76.5 cm³/mol. The Kier molecular flexibility index (Phi) is 5.95. The topological polar surface area (TPSA) is 44.4 Å². The summed E-state index contributed by atoms with van der Waals surface area (Å²) in [4.78, 5) is 13.9. The molecule has 1 saturated heterocycles. The van der Waals surface area contributed by atoms with E-state index in [1.807, 2.05) is 36.1 Å². The molecule has 2 N–H and O–H groups in total. The highest BCUT2D eigenvalue weighted by Gasteiger charge is 2.15. The molecule has 0 radical (unpaired) electrons. The van der Waals surface area contributed by atoms with Crippen LogP contribution in [0.5, 0.6) is 0 Å². The molecule has 0 aromatic heterocycles. The molecule has 2 rings (SSSR count). The van der Waals surface area contributed by atoms with Crippen molar-refractivity contribution in [1.29, 1.82) is 0 Å². The molecule has 4 nitrogen and oxygen atoms in total. The average molecular weight is 270 g/mol. The minimum atomic E-state index is 0. The Hall–Kier alpha value is -1.26. The Morgan fingerprint density at radius 2 is 2.06 bits per heavy atom. The highest BCUT2D eigenvalue weighted by atomic mass is 35.5. The second-order valence-electron chi connectivity index (χ2n) is 4.34. The van der Waals surface area contributed by atoms with Crippen LogP contribution in [-0.4, -0.2) is 37.1 Å². The monoisotopic (exact) mass is 269 g/mol. The minimum Gasteiger partial charge on any atom is -0.323 e. The number of benzene rings is 1. The van der Waals surface area contributed by atoms with Crippen LogP contribution in [0, 0.1) is 6.92 Å². The lowest BCUT2D eigenvalue weighted by Crippen LogP contribution is -2.37. The highest BCUT2D eigenvalue weighted by Crippen LogP contribution is 2.14. The average Bonchev–Trinajstić information content (AvgIpc) is 2.61. The number of rotatable bonds is 1. The molecule has 0 spiro atoms. The first-order chi connectivity index (χ1) is 8.27. The van der Waals surface area contributed by atoms with Gasteiger partial charge in [-0.1, -0.05) is 18.2 Å². The third-order valence-corrected chi connectivity index (χ3v) is 3.01. The molecule has 1 aromatic carbocycles. The van der Waals surface area contributed by atoms with Gasteiger partial charge in [-0.2, -0.15) is 0 Å². The van der Waals surface area contributed by atoms with Gasteiger partial charge < -0.3 is 15.5 Å². The van der Waals surface area contributed by atoms with Crippen molar-refractivity contribution in [1.82, 2.24) is 10.2 Å². The number of halogens is 1. The van der Waals surface area contributed by atoms with Gasteiger partial charge in [-0.25, -0.2) is 4.79 Å². The van der Waals surface area contributed by atoms with Crippen LogP contribution in [0.25, 0.3) is 0 Å². The molecule has 1 aliphatic heterocycles. The zero-order valence-electron chi connectivity index (χ0n) is 10.6. The van der Waals surface area contributed by atoms with Crippen LogP contribution in [0.2, 0.25) is 0 Å². The molecule has 0 unspecified atom stereocenters. The third-order valence-electron chi connectivity index (χ3n) is 3.01. The molecule has 100 valence electrons. The van der Waals surface area contributed by atoms with Crippen LogP contribution < -0.4 is 10.6 Å². The summed E-state index contributed by atoms with van der Waals surface area (Å²) in [5, 5.41) is 6.25. The molecule has 1 heterocycles. The summed E-state index contributed by atoms with van der Waals surface area (Å²) in [6, 6.07) is 7.85. The maximum absolute atomic E-state index is 12.1. The molecular weight excluding hydrogens is 250 g/mol. The fraction of sp³-hybridized carbons (Fsp3) is 0.462. The Balaban J connectivity index is 0.00000162. The number of hydrogen-bond donors (Lipinski definition) is 2. The molecule has 18 heavy (non-hydrogen) atoms. The van der Waals surface area contributed by atoms with Gasteiger partial charge in [0.1, 0.15) is 0 Å². The number of amides is 2. The molecule has 2 amide bonds. The predicted octanol–water partition coefficient (Wildman–Crippen LogP) is 2.24. The zero-order chi connectivity index (χ0) is 12.1. The first kappa shape index (κ1) is 14.8. The maximum atomic E-state index is 12.1. The largest absolute Gasteiger partial charge is 0.323 e. The van der Waals surface area contributed by atoms with Crippen LogP contribution >= 0.6 is 12.4 Å². The molecule has 0 saturated carbocycles. The summed E-state index contributed by atoms with van der Waals surface area (Å²) in [6.45, 7) is 5.47. The van der Waals surface area contributed by atoms with Crippen molar-refractivity contribution in [2.75, 3.05) is 31.5 Å². The minimum absolute atomic E-state index is 0. The smallest absolute Gasteiger partial charge is 0.321 e. The summed E-state index contributed by atoms with van der Waals surface area (Å²) in [7, 11) is 0. The van der Waals surface area contributed by atoms with Gasteiger partial charge in [0.15, 0.2) is 0 Å². The maximum Gasteiger partial charge on any atom is 0.321 e. The van der Waals surface area contributed by atoms with Crippen molar-refractivity contribution in [2.24, 2.45) is 0 Å².